The third-order valence-electron chi connectivity index (χ3n) is 3.23. The lowest BCUT2D eigenvalue weighted by molar-refractivity contribution is -0.132. The van der Waals surface area contributed by atoms with Crippen molar-refractivity contribution >= 4 is 11.9 Å². The van der Waals surface area contributed by atoms with E-state index in [9.17, 15) is 9.59 Å². The van der Waals surface area contributed by atoms with Crippen molar-refractivity contribution in [3.8, 4) is 0 Å². The molecule has 5 nitrogen and oxygen atoms in total. The van der Waals surface area contributed by atoms with Crippen molar-refractivity contribution in [1.29, 1.82) is 0 Å². The second-order valence-corrected chi connectivity index (χ2v) is 4.48. The highest BCUT2D eigenvalue weighted by molar-refractivity contribution is 5.86. The molecule has 0 aromatic heterocycles. The van der Waals surface area contributed by atoms with Crippen LogP contribution in [0.1, 0.15) is 40.0 Å². The summed E-state index contributed by atoms with van der Waals surface area (Å²) in [6, 6.07) is -0.400. The second-order valence-electron chi connectivity index (χ2n) is 4.48. The first kappa shape index (κ1) is 13.8. The van der Waals surface area contributed by atoms with Crippen LogP contribution in [0.2, 0.25) is 0 Å². The highest BCUT2D eigenvalue weighted by atomic mass is 16.2. The molecule has 0 aromatic carbocycles. The number of amides is 3. The predicted octanol–water partition coefficient (Wildman–Crippen LogP) is 1.09. The number of hydrogen-bond acceptors (Lipinski definition) is 2. The van der Waals surface area contributed by atoms with Crippen LogP contribution in [0.3, 0.4) is 0 Å². The Hall–Kier alpha value is -1.26. The molecule has 1 saturated carbocycles. The zero-order valence-corrected chi connectivity index (χ0v) is 11.0. The fourth-order valence-corrected chi connectivity index (χ4v) is 1.85. The van der Waals surface area contributed by atoms with Gasteiger partial charge in [0.25, 0.3) is 0 Å². The molecule has 0 aromatic rings. The first-order valence-electron chi connectivity index (χ1n) is 6.44. The van der Waals surface area contributed by atoms with Gasteiger partial charge in [0.1, 0.15) is 6.04 Å². The summed E-state index contributed by atoms with van der Waals surface area (Å²) in [5.41, 5.74) is 0. The molecule has 1 unspecified atom stereocenters. The van der Waals surface area contributed by atoms with Crippen LogP contribution >= 0.6 is 0 Å². The van der Waals surface area contributed by atoms with Gasteiger partial charge >= 0.3 is 6.03 Å². The molecule has 17 heavy (non-hydrogen) atoms. The molecule has 98 valence electrons. The van der Waals surface area contributed by atoms with E-state index in [1.54, 1.807) is 11.8 Å². The summed E-state index contributed by atoms with van der Waals surface area (Å²) in [5, 5.41) is 5.54. The van der Waals surface area contributed by atoms with Gasteiger partial charge in [-0.3, -0.25) is 4.79 Å². The smallest absolute Gasteiger partial charge is 0.315 e. The Morgan fingerprint density at radius 1 is 1.29 bits per heavy atom. The van der Waals surface area contributed by atoms with E-state index in [4.69, 9.17) is 0 Å². The van der Waals surface area contributed by atoms with Crippen molar-refractivity contribution in [2.75, 3.05) is 13.1 Å². The summed E-state index contributed by atoms with van der Waals surface area (Å²) >= 11 is 0. The zero-order chi connectivity index (χ0) is 12.8. The van der Waals surface area contributed by atoms with E-state index in [-0.39, 0.29) is 11.9 Å². The Balaban J connectivity index is 2.33. The van der Waals surface area contributed by atoms with Gasteiger partial charge in [-0.1, -0.05) is 0 Å². The third-order valence-corrected chi connectivity index (χ3v) is 3.23. The fraction of sp³-hybridized carbons (Fsp3) is 0.833. The molecule has 1 fully saturated rings. The molecule has 0 radical (unpaired) electrons. The maximum atomic E-state index is 11.9. The van der Waals surface area contributed by atoms with Gasteiger partial charge in [0, 0.05) is 19.1 Å². The zero-order valence-electron chi connectivity index (χ0n) is 11.0. The lowest BCUT2D eigenvalue weighted by atomic mass is 9.93. The number of urea groups is 1. The van der Waals surface area contributed by atoms with Crippen LogP contribution in [-0.2, 0) is 4.79 Å². The van der Waals surface area contributed by atoms with Crippen molar-refractivity contribution in [1.82, 2.24) is 15.5 Å². The van der Waals surface area contributed by atoms with E-state index >= 15 is 0 Å². The van der Waals surface area contributed by atoms with E-state index in [2.05, 4.69) is 10.6 Å². The molecule has 0 aliphatic heterocycles. The highest BCUT2D eigenvalue weighted by Gasteiger charge is 2.23. The van der Waals surface area contributed by atoms with Gasteiger partial charge in [0.2, 0.25) is 5.91 Å². The number of likely N-dealkylation sites (N-methyl/N-ethyl adjacent to an activating group) is 1. The molecule has 0 bridgehead atoms. The number of hydrogen-bond donors (Lipinski definition) is 2. The van der Waals surface area contributed by atoms with Crippen LogP contribution in [-0.4, -0.2) is 42.0 Å². The van der Waals surface area contributed by atoms with Crippen LogP contribution in [0.5, 0.6) is 0 Å². The Morgan fingerprint density at radius 2 is 1.88 bits per heavy atom. The van der Waals surface area contributed by atoms with E-state index in [1.807, 2.05) is 13.8 Å². The number of carbonyl (C=O) groups excluding carboxylic acids is 2. The van der Waals surface area contributed by atoms with Gasteiger partial charge in [-0.25, -0.2) is 4.79 Å². The predicted molar refractivity (Wildman–Crippen MR) is 66.7 cm³/mol. The number of nitrogens with zero attached hydrogens (tertiary/aromatic N) is 1. The fourth-order valence-electron chi connectivity index (χ4n) is 1.85. The quantitative estimate of drug-likeness (QED) is 0.757. The Kier molecular flexibility index (Phi) is 5.25. The summed E-state index contributed by atoms with van der Waals surface area (Å²) in [6.45, 7) is 6.93. The standard InChI is InChI=1S/C12H23N3O2/c1-4-15(5-2)11(16)9(3)13-12(17)14-10-7-6-8-10/h9-10H,4-8H2,1-3H3,(H2,13,14,17). The van der Waals surface area contributed by atoms with E-state index in [0.717, 1.165) is 12.8 Å². The maximum absolute atomic E-state index is 11.9. The first-order chi connectivity index (χ1) is 8.08. The molecule has 0 saturated heterocycles. The van der Waals surface area contributed by atoms with Gasteiger partial charge in [-0.15, -0.1) is 0 Å². The number of rotatable bonds is 5. The maximum Gasteiger partial charge on any atom is 0.315 e. The largest absolute Gasteiger partial charge is 0.341 e. The molecule has 5 heteroatoms. The van der Waals surface area contributed by atoms with Gasteiger partial charge in [-0.2, -0.15) is 0 Å². The number of nitrogens with one attached hydrogen (secondary N) is 2. The van der Waals surface area contributed by atoms with Crippen molar-refractivity contribution in [3.05, 3.63) is 0 Å². The Labute approximate surface area is 103 Å². The van der Waals surface area contributed by atoms with Crippen LogP contribution in [0.4, 0.5) is 4.79 Å². The van der Waals surface area contributed by atoms with Gasteiger partial charge in [0.15, 0.2) is 0 Å². The average molecular weight is 241 g/mol. The van der Waals surface area contributed by atoms with E-state index in [0.29, 0.717) is 19.1 Å². The molecule has 1 atom stereocenters. The van der Waals surface area contributed by atoms with E-state index < -0.39 is 6.04 Å². The van der Waals surface area contributed by atoms with Crippen LogP contribution < -0.4 is 10.6 Å². The van der Waals surface area contributed by atoms with Crippen LogP contribution in [0.25, 0.3) is 0 Å². The molecule has 0 heterocycles. The molecule has 1 aliphatic carbocycles. The lowest BCUT2D eigenvalue weighted by Crippen LogP contribution is -2.52. The van der Waals surface area contributed by atoms with Crippen molar-refractivity contribution in [2.45, 2.75) is 52.1 Å². The van der Waals surface area contributed by atoms with Gasteiger partial charge in [-0.05, 0) is 40.0 Å². The molecular weight excluding hydrogens is 218 g/mol. The van der Waals surface area contributed by atoms with Crippen molar-refractivity contribution in [3.63, 3.8) is 0 Å². The Bertz CT molecular complexity index is 273. The molecule has 0 spiro atoms. The molecule has 1 rings (SSSR count). The minimum Gasteiger partial charge on any atom is -0.341 e. The van der Waals surface area contributed by atoms with Crippen molar-refractivity contribution < 1.29 is 9.59 Å². The highest BCUT2D eigenvalue weighted by Crippen LogP contribution is 2.17. The summed E-state index contributed by atoms with van der Waals surface area (Å²) in [4.78, 5) is 25.2. The molecule has 2 N–H and O–H groups in total. The van der Waals surface area contributed by atoms with Crippen LogP contribution in [0.15, 0.2) is 0 Å². The molecular formula is C12H23N3O2. The van der Waals surface area contributed by atoms with Gasteiger partial charge < -0.3 is 15.5 Å². The van der Waals surface area contributed by atoms with Crippen molar-refractivity contribution in [2.24, 2.45) is 0 Å². The van der Waals surface area contributed by atoms with E-state index in [1.165, 1.54) is 6.42 Å². The lowest BCUT2D eigenvalue weighted by Gasteiger charge is -2.28. The number of carbonyl (C=O) groups is 2. The molecule has 3 amide bonds. The molecule has 1 aliphatic rings. The normalized spacial score (nSPS) is 16.9. The monoisotopic (exact) mass is 241 g/mol. The summed E-state index contributed by atoms with van der Waals surface area (Å²) in [7, 11) is 0. The summed E-state index contributed by atoms with van der Waals surface area (Å²) in [5.74, 6) is -0.0289. The summed E-state index contributed by atoms with van der Waals surface area (Å²) in [6.07, 6.45) is 3.27. The minimum atomic E-state index is -0.463. The topological polar surface area (TPSA) is 61.4 Å². The Morgan fingerprint density at radius 3 is 2.29 bits per heavy atom. The summed E-state index contributed by atoms with van der Waals surface area (Å²) < 4.78 is 0. The SMILES string of the molecule is CCN(CC)C(=O)C(C)NC(=O)NC1CCC1. The second kappa shape index (κ2) is 6.47. The minimum absolute atomic E-state index is 0.0289. The van der Waals surface area contributed by atoms with Gasteiger partial charge in [0.05, 0.1) is 0 Å². The first-order valence-corrected chi connectivity index (χ1v) is 6.44. The van der Waals surface area contributed by atoms with Crippen LogP contribution in [0, 0.1) is 0 Å². The average Bonchev–Trinajstić information content (AvgIpc) is 2.25. The third kappa shape index (κ3) is 3.91.